The van der Waals surface area contributed by atoms with Crippen LogP contribution in [-0.4, -0.2) is 73.0 Å². The summed E-state index contributed by atoms with van der Waals surface area (Å²) in [6, 6.07) is 21.1. The molecule has 3 saturated heterocycles. The number of rotatable bonds is 12. The van der Waals surface area contributed by atoms with Gasteiger partial charge in [-0.15, -0.1) is 0 Å². The van der Waals surface area contributed by atoms with E-state index in [9.17, 15) is 27.6 Å². The summed E-state index contributed by atoms with van der Waals surface area (Å²) in [6.45, 7) is 2.66. The van der Waals surface area contributed by atoms with E-state index >= 15 is 4.39 Å². The van der Waals surface area contributed by atoms with Crippen LogP contribution in [0.3, 0.4) is 0 Å². The Morgan fingerprint density at radius 1 is 0.860 bits per heavy atom. The minimum Gasteiger partial charge on any atom is -0.494 e. The number of amides is 3. The van der Waals surface area contributed by atoms with Crippen LogP contribution in [-0.2, 0) is 38.2 Å². The summed E-state index contributed by atoms with van der Waals surface area (Å²) in [4.78, 5) is 51.9. The van der Waals surface area contributed by atoms with Crippen molar-refractivity contribution in [2.75, 3.05) is 37.1 Å². The van der Waals surface area contributed by atoms with Gasteiger partial charge in [-0.3, -0.25) is 28.8 Å². The predicted molar refractivity (Wildman–Crippen MR) is 211 cm³/mol. The number of imide groups is 1. The highest BCUT2D eigenvalue weighted by Gasteiger charge is 2.38. The van der Waals surface area contributed by atoms with Crippen molar-refractivity contribution < 1.29 is 36.7 Å². The number of hydrogen-bond donors (Lipinski definition) is 2. The molecule has 16 heteroatoms. The zero-order valence-corrected chi connectivity index (χ0v) is 32.2. The monoisotopic (exact) mass is 798 g/mol. The Labute approximate surface area is 328 Å². The molecule has 57 heavy (non-hydrogen) atoms. The number of ether oxygens (including phenoxy) is 2. The SMILES string of the molecule is Cn1c(=O)n(C2CCC(=O)NC2=O)c2ccc(C3CCN(CCCCOc4ccc5cc(OCc6ccccc6)c(N6CC(=O)NS6(=O)=O)c(F)c5c4)CC3)cc21. The first-order valence-corrected chi connectivity index (χ1v) is 20.6. The molecule has 8 rings (SSSR count). The molecule has 2 N–H and O–H groups in total. The molecular formula is C41H43FN6O8S. The van der Waals surface area contributed by atoms with Gasteiger partial charge in [0.25, 0.3) is 5.91 Å². The first kappa shape index (κ1) is 38.1. The van der Waals surface area contributed by atoms with Gasteiger partial charge in [-0.25, -0.2) is 18.2 Å². The number of aromatic nitrogens is 2. The molecule has 0 saturated carbocycles. The van der Waals surface area contributed by atoms with E-state index in [0.717, 1.165) is 62.0 Å². The summed E-state index contributed by atoms with van der Waals surface area (Å²) in [6.07, 6.45) is 4.10. The largest absolute Gasteiger partial charge is 0.494 e. The van der Waals surface area contributed by atoms with Crippen molar-refractivity contribution in [3.63, 3.8) is 0 Å². The lowest BCUT2D eigenvalue weighted by Gasteiger charge is -2.32. The highest BCUT2D eigenvalue weighted by molar-refractivity contribution is 7.92. The molecule has 14 nitrogen and oxygen atoms in total. The highest BCUT2D eigenvalue weighted by atomic mass is 32.2. The molecule has 5 aromatic rings. The first-order valence-electron chi connectivity index (χ1n) is 19.1. The first-order chi connectivity index (χ1) is 27.5. The Morgan fingerprint density at radius 3 is 2.39 bits per heavy atom. The number of fused-ring (bicyclic) bond motifs is 2. The molecule has 1 aromatic heterocycles. The van der Waals surface area contributed by atoms with E-state index in [1.54, 1.807) is 29.8 Å². The summed E-state index contributed by atoms with van der Waals surface area (Å²) in [5.41, 5.74) is 2.81. The van der Waals surface area contributed by atoms with Crippen molar-refractivity contribution in [2.45, 2.75) is 57.1 Å². The topological polar surface area (TPSA) is 161 Å². The zero-order chi connectivity index (χ0) is 39.8. The Morgan fingerprint density at radius 2 is 1.65 bits per heavy atom. The molecule has 3 amide bonds. The van der Waals surface area contributed by atoms with Crippen molar-refractivity contribution in [1.82, 2.24) is 24.1 Å². The van der Waals surface area contributed by atoms with Crippen molar-refractivity contribution in [2.24, 2.45) is 7.05 Å². The van der Waals surface area contributed by atoms with Crippen LogP contribution in [0.15, 0.2) is 77.6 Å². The lowest BCUT2D eigenvalue weighted by atomic mass is 9.89. The Kier molecular flexibility index (Phi) is 10.5. The number of halogens is 1. The molecule has 0 spiro atoms. The van der Waals surface area contributed by atoms with Crippen LogP contribution < -0.4 is 29.5 Å². The summed E-state index contributed by atoms with van der Waals surface area (Å²) in [7, 11) is -2.60. The standard InChI is InChI=1S/C41H43FN6O8S/c1-45-34-21-28(10-12-32(34)48(41(45)52)33-13-14-36(49)43-40(33)51)27-15-18-46(19-16-27)17-5-6-20-55-30-11-9-29-22-35(56-25-26-7-3-2-4-8-26)39(38(42)31(29)23-30)47-24-37(50)44-57(47,53)54/h2-4,7-12,21-23,27,33H,5-6,13-20,24-25H2,1H3,(H,44,50)(H,43,49,51). The number of unbranched alkanes of at least 4 members (excludes halogenated alkanes) is 1. The molecule has 3 fully saturated rings. The second-order valence-corrected chi connectivity index (χ2v) is 16.4. The summed E-state index contributed by atoms with van der Waals surface area (Å²) < 4.78 is 59.6. The van der Waals surface area contributed by atoms with E-state index in [4.69, 9.17) is 9.47 Å². The normalized spacial score (nSPS) is 18.9. The number of hydrogen-bond acceptors (Lipinski definition) is 9. The summed E-state index contributed by atoms with van der Waals surface area (Å²) in [5, 5.41) is 2.98. The quantitative estimate of drug-likeness (QED) is 0.138. The zero-order valence-electron chi connectivity index (χ0n) is 31.4. The lowest BCUT2D eigenvalue weighted by Crippen LogP contribution is -2.44. The molecule has 3 aliphatic rings. The molecule has 3 aliphatic heterocycles. The fourth-order valence-electron chi connectivity index (χ4n) is 8.09. The highest BCUT2D eigenvalue weighted by Crippen LogP contribution is 2.41. The van der Waals surface area contributed by atoms with Gasteiger partial charge in [-0.05, 0) is 105 Å². The van der Waals surface area contributed by atoms with E-state index in [2.05, 4.69) is 16.3 Å². The summed E-state index contributed by atoms with van der Waals surface area (Å²) >= 11 is 0. The van der Waals surface area contributed by atoms with Crippen molar-refractivity contribution in [3.8, 4) is 11.5 Å². The minimum atomic E-state index is -4.31. The third-order valence-electron chi connectivity index (χ3n) is 11.1. The number of imidazole rings is 1. The number of aryl methyl sites for hydroxylation is 1. The molecular weight excluding hydrogens is 756 g/mol. The fourth-order valence-corrected chi connectivity index (χ4v) is 9.25. The smallest absolute Gasteiger partial charge is 0.329 e. The van der Waals surface area contributed by atoms with Gasteiger partial charge in [0.05, 0.1) is 17.6 Å². The van der Waals surface area contributed by atoms with E-state index in [-0.39, 0.29) is 41.4 Å². The van der Waals surface area contributed by atoms with Gasteiger partial charge in [0.2, 0.25) is 11.8 Å². The van der Waals surface area contributed by atoms with Crippen LogP contribution in [0.2, 0.25) is 0 Å². The number of benzene rings is 4. The second kappa shape index (κ2) is 15.7. The number of nitrogens with zero attached hydrogens (tertiary/aromatic N) is 4. The Hall–Kier alpha value is -5.74. The summed E-state index contributed by atoms with van der Waals surface area (Å²) in [5.74, 6) is -1.59. The van der Waals surface area contributed by atoms with Gasteiger partial charge in [0.1, 0.15) is 36.4 Å². The van der Waals surface area contributed by atoms with Crippen molar-refractivity contribution >= 4 is 55.4 Å². The fraction of sp³-hybridized carbons (Fsp3) is 0.366. The molecule has 4 aromatic carbocycles. The van der Waals surface area contributed by atoms with Gasteiger partial charge < -0.3 is 14.4 Å². The maximum atomic E-state index is 16.3. The van der Waals surface area contributed by atoms with Crippen molar-refractivity contribution in [3.05, 3.63) is 100 Å². The minimum absolute atomic E-state index is 0.00336. The van der Waals surface area contributed by atoms with Crippen LogP contribution in [0.5, 0.6) is 11.5 Å². The van der Waals surface area contributed by atoms with Crippen LogP contribution in [0.4, 0.5) is 10.1 Å². The number of likely N-dealkylation sites (tertiary alicyclic amines) is 1. The van der Waals surface area contributed by atoms with Crippen LogP contribution >= 0.6 is 0 Å². The Bertz CT molecular complexity index is 2550. The van der Waals surface area contributed by atoms with E-state index in [1.807, 2.05) is 47.2 Å². The average Bonchev–Trinajstić information content (AvgIpc) is 3.62. The van der Waals surface area contributed by atoms with Crippen molar-refractivity contribution in [1.29, 1.82) is 0 Å². The van der Waals surface area contributed by atoms with E-state index in [0.29, 0.717) is 39.9 Å². The molecule has 298 valence electrons. The maximum Gasteiger partial charge on any atom is 0.329 e. The molecule has 0 radical (unpaired) electrons. The van der Waals surface area contributed by atoms with E-state index < -0.39 is 40.4 Å². The number of anilines is 1. The molecule has 1 atom stereocenters. The number of nitrogens with one attached hydrogen (secondary N) is 2. The van der Waals surface area contributed by atoms with E-state index in [1.165, 1.54) is 10.6 Å². The van der Waals surface area contributed by atoms with Gasteiger partial charge in [-0.2, -0.15) is 8.42 Å². The third kappa shape index (κ3) is 7.70. The van der Waals surface area contributed by atoms with Crippen LogP contribution in [0.1, 0.15) is 61.6 Å². The molecule has 4 heterocycles. The maximum absolute atomic E-state index is 16.3. The van der Waals surface area contributed by atoms with Gasteiger partial charge in [0, 0.05) is 18.9 Å². The predicted octanol–water partition coefficient (Wildman–Crippen LogP) is 4.41. The van der Waals surface area contributed by atoms with Gasteiger partial charge in [-0.1, -0.05) is 42.5 Å². The average molecular weight is 799 g/mol. The second-order valence-electron chi connectivity index (χ2n) is 14.8. The van der Waals surface area contributed by atoms with Gasteiger partial charge >= 0.3 is 15.9 Å². The van der Waals surface area contributed by atoms with Crippen LogP contribution in [0.25, 0.3) is 21.8 Å². The number of piperidine rings is 2. The van der Waals surface area contributed by atoms with Gasteiger partial charge in [0.15, 0.2) is 5.82 Å². The lowest BCUT2D eigenvalue weighted by molar-refractivity contribution is -0.135. The Balaban J connectivity index is 0.865. The van der Waals surface area contributed by atoms with Crippen LogP contribution in [0, 0.1) is 5.82 Å². The molecule has 0 aliphatic carbocycles. The third-order valence-corrected chi connectivity index (χ3v) is 12.5. The molecule has 0 bridgehead atoms. The number of carbonyl (C=O) groups excluding carboxylic acids is 3. The molecule has 1 unspecified atom stereocenters. The number of carbonyl (C=O) groups is 3.